The lowest BCUT2D eigenvalue weighted by Gasteiger charge is -2.13. The Hall–Kier alpha value is -1.91. The third-order valence-corrected chi connectivity index (χ3v) is 4.69. The number of nitrogens with zero attached hydrogens (tertiary/aromatic N) is 2. The molecule has 0 aliphatic carbocycles. The quantitative estimate of drug-likeness (QED) is 0.469. The molecule has 0 fully saturated rings. The van der Waals surface area contributed by atoms with Gasteiger partial charge in [-0.2, -0.15) is 0 Å². The second-order valence-corrected chi connectivity index (χ2v) is 6.25. The molecule has 0 radical (unpaired) electrons. The van der Waals surface area contributed by atoms with Crippen LogP contribution in [0.2, 0.25) is 0 Å². The molecule has 2 nitrogen and oxygen atoms in total. The SMILES string of the molecule is CCn1c(Sc2ccccc2)cc(-c2ccccc2)nc1=S. The maximum atomic E-state index is 5.48. The van der Waals surface area contributed by atoms with E-state index in [1.165, 1.54) is 4.90 Å². The summed E-state index contributed by atoms with van der Waals surface area (Å²) in [5.74, 6) is 0. The Kier molecular flexibility index (Phi) is 4.71. The largest absolute Gasteiger partial charge is 0.312 e. The van der Waals surface area contributed by atoms with Crippen LogP contribution in [0.5, 0.6) is 0 Å². The van der Waals surface area contributed by atoms with Gasteiger partial charge in [-0.1, -0.05) is 60.3 Å². The van der Waals surface area contributed by atoms with Crippen LogP contribution in [0.3, 0.4) is 0 Å². The average Bonchev–Trinajstić information content (AvgIpc) is 2.56. The van der Waals surface area contributed by atoms with Gasteiger partial charge in [-0.3, -0.25) is 0 Å². The van der Waals surface area contributed by atoms with Crippen molar-refractivity contribution in [1.82, 2.24) is 9.55 Å². The van der Waals surface area contributed by atoms with Crippen LogP contribution in [0.1, 0.15) is 6.92 Å². The van der Waals surface area contributed by atoms with Crippen LogP contribution in [0.4, 0.5) is 0 Å². The normalized spacial score (nSPS) is 10.6. The smallest absolute Gasteiger partial charge is 0.200 e. The Bertz CT molecular complexity index is 811. The van der Waals surface area contributed by atoms with Gasteiger partial charge < -0.3 is 4.57 Å². The first-order valence-corrected chi connectivity index (χ1v) is 8.40. The molecule has 4 heteroatoms. The van der Waals surface area contributed by atoms with E-state index in [2.05, 4.69) is 46.8 Å². The highest BCUT2D eigenvalue weighted by atomic mass is 32.2. The summed E-state index contributed by atoms with van der Waals surface area (Å²) in [6.45, 7) is 2.91. The van der Waals surface area contributed by atoms with Gasteiger partial charge in [0.2, 0.25) is 4.77 Å². The molecule has 0 amide bonds. The highest BCUT2D eigenvalue weighted by Gasteiger charge is 2.08. The summed E-state index contributed by atoms with van der Waals surface area (Å²) in [5.41, 5.74) is 2.01. The number of hydrogen-bond acceptors (Lipinski definition) is 3. The molecule has 0 atom stereocenters. The molecular formula is C18H16N2S2. The van der Waals surface area contributed by atoms with Gasteiger partial charge in [-0.05, 0) is 37.3 Å². The van der Waals surface area contributed by atoms with Gasteiger partial charge in [-0.25, -0.2) is 4.98 Å². The highest BCUT2D eigenvalue weighted by molar-refractivity contribution is 7.99. The Morgan fingerprint density at radius 3 is 2.27 bits per heavy atom. The fourth-order valence-electron chi connectivity index (χ4n) is 2.23. The van der Waals surface area contributed by atoms with Gasteiger partial charge in [-0.15, -0.1) is 0 Å². The molecule has 2 aromatic carbocycles. The molecule has 0 spiro atoms. The third-order valence-electron chi connectivity index (χ3n) is 3.32. The van der Waals surface area contributed by atoms with Crippen molar-refractivity contribution in [2.45, 2.75) is 23.4 Å². The van der Waals surface area contributed by atoms with E-state index in [4.69, 9.17) is 12.2 Å². The maximum Gasteiger partial charge on any atom is 0.200 e. The van der Waals surface area contributed by atoms with Crippen LogP contribution in [0.25, 0.3) is 11.3 Å². The molecule has 0 N–H and O–H groups in total. The molecule has 22 heavy (non-hydrogen) atoms. The third kappa shape index (κ3) is 3.29. The van der Waals surface area contributed by atoms with Crippen molar-refractivity contribution in [3.05, 3.63) is 71.5 Å². The van der Waals surface area contributed by atoms with E-state index in [-0.39, 0.29) is 0 Å². The Balaban J connectivity index is 2.07. The summed E-state index contributed by atoms with van der Waals surface area (Å²) in [6.07, 6.45) is 0. The minimum absolute atomic E-state index is 0.627. The Morgan fingerprint density at radius 1 is 1.00 bits per heavy atom. The van der Waals surface area contributed by atoms with Crippen molar-refractivity contribution < 1.29 is 0 Å². The summed E-state index contributed by atoms with van der Waals surface area (Å²) in [7, 11) is 0. The predicted octanol–water partition coefficient (Wildman–Crippen LogP) is 5.45. The summed E-state index contributed by atoms with van der Waals surface area (Å²) in [5, 5.41) is 1.12. The number of benzene rings is 2. The average molecular weight is 324 g/mol. The minimum Gasteiger partial charge on any atom is -0.312 e. The summed E-state index contributed by atoms with van der Waals surface area (Å²) >= 11 is 7.20. The zero-order valence-electron chi connectivity index (χ0n) is 12.3. The van der Waals surface area contributed by atoms with E-state index >= 15 is 0 Å². The molecule has 0 aliphatic rings. The number of rotatable bonds is 4. The standard InChI is InChI=1S/C18H16N2S2/c1-2-20-17(22-15-11-7-4-8-12-15)13-16(19-18(20)21)14-9-5-3-6-10-14/h3-13H,2H2,1H3. The molecular weight excluding hydrogens is 308 g/mol. The topological polar surface area (TPSA) is 17.8 Å². The van der Waals surface area contributed by atoms with Gasteiger partial charge in [0, 0.05) is 17.0 Å². The van der Waals surface area contributed by atoms with Crippen LogP contribution < -0.4 is 0 Å². The van der Waals surface area contributed by atoms with Crippen molar-refractivity contribution in [3.63, 3.8) is 0 Å². The van der Waals surface area contributed by atoms with Gasteiger partial charge in [0.05, 0.1) is 10.7 Å². The monoisotopic (exact) mass is 324 g/mol. The van der Waals surface area contributed by atoms with Crippen LogP contribution in [-0.2, 0) is 6.54 Å². The van der Waals surface area contributed by atoms with Gasteiger partial charge in [0.1, 0.15) is 0 Å². The molecule has 3 aromatic rings. The first-order chi connectivity index (χ1) is 10.8. The fraction of sp³-hybridized carbons (Fsp3) is 0.111. The van der Waals surface area contributed by atoms with E-state index in [0.717, 1.165) is 22.8 Å². The molecule has 0 bridgehead atoms. The molecule has 1 aromatic heterocycles. The first kappa shape index (κ1) is 15.0. The summed E-state index contributed by atoms with van der Waals surface area (Å²) < 4.78 is 2.70. The Morgan fingerprint density at radius 2 is 1.64 bits per heavy atom. The zero-order valence-corrected chi connectivity index (χ0v) is 13.9. The summed E-state index contributed by atoms with van der Waals surface area (Å²) in [4.78, 5) is 5.78. The van der Waals surface area contributed by atoms with Crippen molar-refractivity contribution in [1.29, 1.82) is 0 Å². The van der Waals surface area contributed by atoms with Crippen molar-refractivity contribution in [2.75, 3.05) is 0 Å². The van der Waals surface area contributed by atoms with E-state index in [0.29, 0.717) is 4.77 Å². The van der Waals surface area contributed by atoms with Crippen molar-refractivity contribution in [2.24, 2.45) is 0 Å². The molecule has 3 rings (SSSR count). The highest BCUT2D eigenvalue weighted by Crippen LogP contribution is 2.30. The second kappa shape index (κ2) is 6.90. The zero-order chi connectivity index (χ0) is 15.4. The second-order valence-electron chi connectivity index (χ2n) is 4.79. The van der Waals surface area contributed by atoms with Gasteiger partial charge in [0.25, 0.3) is 0 Å². The van der Waals surface area contributed by atoms with Crippen molar-refractivity contribution in [3.8, 4) is 11.3 Å². The van der Waals surface area contributed by atoms with E-state index in [1.54, 1.807) is 11.8 Å². The van der Waals surface area contributed by atoms with Crippen LogP contribution in [0.15, 0.2) is 76.7 Å². The molecule has 0 saturated heterocycles. The van der Waals surface area contributed by atoms with E-state index in [9.17, 15) is 0 Å². The number of hydrogen-bond donors (Lipinski definition) is 0. The number of aromatic nitrogens is 2. The molecule has 1 heterocycles. The van der Waals surface area contributed by atoms with Gasteiger partial charge >= 0.3 is 0 Å². The lowest BCUT2D eigenvalue weighted by atomic mass is 10.1. The summed E-state index contributed by atoms with van der Waals surface area (Å²) in [6, 6.07) is 22.6. The maximum absolute atomic E-state index is 5.48. The predicted molar refractivity (Wildman–Crippen MR) is 94.7 cm³/mol. The lowest BCUT2D eigenvalue weighted by Crippen LogP contribution is -2.04. The van der Waals surface area contributed by atoms with Crippen molar-refractivity contribution >= 4 is 24.0 Å². The molecule has 0 unspecified atom stereocenters. The fourth-order valence-corrected chi connectivity index (χ4v) is 3.64. The van der Waals surface area contributed by atoms with Crippen LogP contribution in [-0.4, -0.2) is 9.55 Å². The van der Waals surface area contributed by atoms with Crippen LogP contribution >= 0.6 is 24.0 Å². The van der Waals surface area contributed by atoms with E-state index < -0.39 is 0 Å². The van der Waals surface area contributed by atoms with Crippen LogP contribution in [0, 0.1) is 4.77 Å². The molecule has 0 saturated carbocycles. The molecule has 110 valence electrons. The van der Waals surface area contributed by atoms with E-state index in [1.807, 2.05) is 36.4 Å². The molecule has 0 aliphatic heterocycles. The minimum atomic E-state index is 0.627. The first-order valence-electron chi connectivity index (χ1n) is 7.18. The van der Waals surface area contributed by atoms with Gasteiger partial charge in [0.15, 0.2) is 0 Å². The Labute approximate surface area is 139 Å². The lowest BCUT2D eigenvalue weighted by molar-refractivity contribution is 0.655.